The second kappa shape index (κ2) is 7.70. The highest BCUT2D eigenvalue weighted by Gasteiger charge is 2.19. The Labute approximate surface area is 124 Å². The average Bonchev–Trinajstić information content (AvgIpc) is 2.37. The largest absolute Gasteiger partial charge is 0.434 e. The van der Waals surface area contributed by atoms with E-state index in [1.54, 1.807) is 39.0 Å². The average molecular weight is 321 g/mol. The van der Waals surface area contributed by atoms with Crippen LogP contribution in [0.2, 0.25) is 0 Å². The van der Waals surface area contributed by atoms with Gasteiger partial charge >= 0.3 is 6.61 Å². The van der Waals surface area contributed by atoms with E-state index in [0.29, 0.717) is 5.56 Å². The molecule has 4 nitrogen and oxygen atoms in total. The van der Waals surface area contributed by atoms with Gasteiger partial charge in [-0.3, -0.25) is 0 Å². The van der Waals surface area contributed by atoms with Gasteiger partial charge < -0.3 is 10.1 Å². The van der Waals surface area contributed by atoms with Crippen molar-refractivity contribution in [1.82, 2.24) is 5.32 Å². The molecule has 0 heterocycles. The Morgan fingerprint density at radius 3 is 2.43 bits per heavy atom. The molecule has 120 valence electrons. The zero-order valence-electron chi connectivity index (χ0n) is 12.3. The van der Waals surface area contributed by atoms with Crippen LogP contribution < -0.4 is 10.1 Å². The van der Waals surface area contributed by atoms with Gasteiger partial charge in [0, 0.05) is 23.4 Å². The zero-order valence-corrected chi connectivity index (χ0v) is 13.2. The Balaban J connectivity index is 2.78. The van der Waals surface area contributed by atoms with Gasteiger partial charge in [0.2, 0.25) is 0 Å². The van der Waals surface area contributed by atoms with E-state index >= 15 is 0 Å². The van der Waals surface area contributed by atoms with Crippen molar-refractivity contribution in [3.05, 3.63) is 29.8 Å². The van der Waals surface area contributed by atoms with Crippen LogP contribution in [0.4, 0.5) is 8.78 Å². The molecular weight excluding hydrogens is 300 g/mol. The zero-order chi connectivity index (χ0) is 16.0. The van der Waals surface area contributed by atoms with Crippen LogP contribution >= 0.6 is 0 Å². The third-order valence-corrected chi connectivity index (χ3v) is 4.97. The Morgan fingerprint density at radius 2 is 1.86 bits per heavy atom. The van der Waals surface area contributed by atoms with E-state index in [-0.39, 0.29) is 29.3 Å². The lowest BCUT2D eigenvalue weighted by molar-refractivity contribution is -0.0506. The Kier molecular flexibility index (Phi) is 6.54. The topological polar surface area (TPSA) is 55.4 Å². The van der Waals surface area contributed by atoms with Gasteiger partial charge in [-0.15, -0.1) is 0 Å². The van der Waals surface area contributed by atoms with Crippen molar-refractivity contribution in [3.8, 4) is 5.75 Å². The molecule has 0 aliphatic rings. The van der Waals surface area contributed by atoms with Crippen LogP contribution in [0.25, 0.3) is 0 Å². The van der Waals surface area contributed by atoms with Crippen LogP contribution in [-0.4, -0.2) is 32.6 Å². The summed E-state index contributed by atoms with van der Waals surface area (Å²) >= 11 is 0. The smallest absolute Gasteiger partial charge is 0.387 e. The summed E-state index contributed by atoms with van der Waals surface area (Å²) in [5.41, 5.74) is 0.568. The standard InChI is InChI=1S/C14H21F2NO3S/c1-4-21(18,19)9-10(2)17-11(3)12-7-5-6-8-13(12)20-14(15)16/h5-8,10-11,14,17H,4,9H2,1-3H3. The Hall–Kier alpha value is -1.21. The number of para-hydroxylation sites is 1. The summed E-state index contributed by atoms with van der Waals surface area (Å²) in [4.78, 5) is 0. The Bertz CT molecular complexity index is 549. The molecule has 1 aromatic carbocycles. The van der Waals surface area contributed by atoms with Gasteiger partial charge in [0.1, 0.15) is 5.75 Å². The number of nitrogens with one attached hydrogen (secondary N) is 1. The summed E-state index contributed by atoms with van der Waals surface area (Å²) in [6, 6.07) is 5.88. The van der Waals surface area contributed by atoms with Gasteiger partial charge in [-0.25, -0.2) is 8.42 Å². The molecule has 0 saturated carbocycles. The fourth-order valence-corrected chi connectivity index (χ4v) is 3.20. The molecule has 0 aromatic heterocycles. The summed E-state index contributed by atoms with van der Waals surface area (Å²) in [7, 11) is -3.09. The van der Waals surface area contributed by atoms with E-state index in [1.807, 2.05) is 0 Å². The van der Waals surface area contributed by atoms with Crippen molar-refractivity contribution in [2.45, 2.75) is 39.5 Å². The van der Waals surface area contributed by atoms with Crippen molar-refractivity contribution >= 4 is 9.84 Å². The van der Waals surface area contributed by atoms with Crippen molar-refractivity contribution in [3.63, 3.8) is 0 Å². The fraction of sp³-hybridized carbons (Fsp3) is 0.571. The molecule has 1 N–H and O–H groups in total. The number of hydrogen-bond acceptors (Lipinski definition) is 4. The van der Waals surface area contributed by atoms with Crippen LogP contribution in [0, 0.1) is 0 Å². The Morgan fingerprint density at radius 1 is 1.24 bits per heavy atom. The third-order valence-electron chi connectivity index (χ3n) is 3.08. The summed E-state index contributed by atoms with van der Waals surface area (Å²) in [6.45, 7) is 2.23. The highest BCUT2D eigenvalue weighted by atomic mass is 32.2. The summed E-state index contributed by atoms with van der Waals surface area (Å²) < 4.78 is 52.4. The third kappa shape index (κ3) is 5.97. The minimum atomic E-state index is -3.09. The first kappa shape index (κ1) is 17.8. The van der Waals surface area contributed by atoms with E-state index in [2.05, 4.69) is 10.1 Å². The minimum Gasteiger partial charge on any atom is -0.434 e. The van der Waals surface area contributed by atoms with E-state index in [4.69, 9.17) is 0 Å². The van der Waals surface area contributed by atoms with E-state index in [9.17, 15) is 17.2 Å². The predicted molar refractivity (Wildman–Crippen MR) is 78.4 cm³/mol. The van der Waals surface area contributed by atoms with Gasteiger partial charge in [-0.1, -0.05) is 25.1 Å². The molecule has 0 spiro atoms. The van der Waals surface area contributed by atoms with Crippen LogP contribution in [0.3, 0.4) is 0 Å². The molecule has 0 aliphatic carbocycles. The van der Waals surface area contributed by atoms with Crippen LogP contribution in [0.15, 0.2) is 24.3 Å². The SMILES string of the molecule is CCS(=O)(=O)CC(C)NC(C)c1ccccc1OC(F)F. The lowest BCUT2D eigenvalue weighted by Crippen LogP contribution is -2.35. The second-order valence-corrected chi connectivity index (χ2v) is 7.30. The number of ether oxygens (including phenoxy) is 1. The van der Waals surface area contributed by atoms with Crippen molar-refractivity contribution in [2.75, 3.05) is 11.5 Å². The van der Waals surface area contributed by atoms with Crippen molar-refractivity contribution in [2.24, 2.45) is 0 Å². The maximum atomic E-state index is 12.4. The number of rotatable bonds is 8. The number of hydrogen-bond donors (Lipinski definition) is 1. The van der Waals surface area contributed by atoms with Crippen LogP contribution in [0.1, 0.15) is 32.4 Å². The first-order valence-electron chi connectivity index (χ1n) is 6.75. The molecule has 1 rings (SSSR count). The van der Waals surface area contributed by atoms with E-state index in [0.717, 1.165) is 0 Å². The molecule has 0 aliphatic heterocycles. The highest BCUT2D eigenvalue weighted by molar-refractivity contribution is 7.91. The lowest BCUT2D eigenvalue weighted by atomic mass is 10.1. The maximum Gasteiger partial charge on any atom is 0.387 e. The number of sulfone groups is 1. The monoisotopic (exact) mass is 321 g/mol. The maximum absolute atomic E-state index is 12.4. The summed E-state index contributed by atoms with van der Waals surface area (Å²) in [6.07, 6.45) is 0. The van der Waals surface area contributed by atoms with Crippen LogP contribution in [0.5, 0.6) is 5.75 Å². The molecule has 7 heteroatoms. The predicted octanol–water partition coefficient (Wildman–Crippen LogP) is 2.76. The quantitative estimate of drug-likeness (QED) is 0.800. The molecule has 2 atom stereocenters. The summed E-state index contributed by atoms with van der Waals surface area (Å²) in [5, 5.41) is 3.10. The molecule has 0 saturated heterocycles. The first-order valence-corrected chi connectivity index (χ1v) is 8.57. The van der Waals surface area contributed by atoms with Gasteiger partial charge in [-0.05, 0) is 19.9 Å². The van der Waals surface area contributed by atoms with Gasteiger partial charge in [-0.2, -0.15) is 8.78 Å². The van der Waals surface area contributed by atoms with Crippen molar-refractivity contribution in [1.29, 1.82) is 0 Å². The number of halogens is 2. The van der Waals surface area contributed by atoms with Crippen molar-refractivity contribution < 1.29 is 21.9 Å². The first-order chi connectivity index (χ1) is 9.75. The molecule has 0 radical (unpaired) electrons. The molecule has 0 amide bonds. The highest BCUT2D eigenvalue weighted by Crippen LogP contribution is 2.26. The molecule has 1 aromatic rings. The van der Waals surface area contributed by atoms with E-state index in [1.165, 1.54) is 6.07 Å². The number of alkyl halides is 2. The molecule has 2 unspecified atom stereocenters. The molecule has 0 bridgehead atoms. The minimum absolute atomic E-state index is 0.00567. The lowest BCUT2D eigenvalue weighted by Gasteiger charge is -2.22. The summed E-state index contributed by atoms with van der Waals surface area (Å²) in [5.74, 6) is 0.183. The molecular formula is C14H21F2NO3S. The van der Waals surface area contributed by atoms with Gasteiger partial charge in [0.05, 0.1) is 5.75 Å². The number of benzene rings is 1. The van der Waals surface area contributed by atoms with E-state index < -0.39 is 16.4 Å². The van der Waals surface area contributed by atoms with Crippen LogP contribution in [-0.2, 0) is 9.84 Å². The van der Waals surface area contributed by atoms with Gasteiger partial charge in [0.15, 0.2) is 9.84 Å². The fourth-order valence-electron chi connectivity index (χ4n) is 2.10. The van der Waals surface area contributed by atoms with Gasteiger partial charge in [0.25, 0.3) is 0 Å². The molecule has 0 fully saturated rings. The normalized spacial score (nSPS) is 15.0. The second-order valence-electron chi connectivity index (χ2n) is 4.90. The molecule has 21 heavy (non-hydrogen) atoms.